The Bertz CT molecular complexity index is 455. The number of nitrogens with one attached hydrogen (secondary N) is 1. The summed E-state index contributed by atoms with van der Waals surface area (Å²) in [6.07, 6.45) is 4.38. The van der Waals surface area contributed by atoms with Crippen molar-refractivity contribution in [3.8, 4) is 0 Å². The van der Waals surface area contributed by atoms with Crippen LogP contribution in [0, 0.1) is 0 Å². The molecule has 2 unspecified atom stereocenters. The zero-order chi connectivity index (χ0) is 14.8. The van der Waals surface area contributed by atoms with Gasteiger partial charge in [0.15, 0.2) is 9.84 Å². The number of sulfone groups is 1. The molecule has 116 valence electrons. The van der Waals surface area contributed by atoms with Crippen molar-refractivity contribution < 1.29 is 13.2 Å². The molecule has 0 saturated carbocycles. The van der Waals surface area contributed by atoms with Gasteiger partial charge in [-0.05, 0) is 39.2 Å². The molecule has 0 aromatic rings. The van der Waals surface area contributed by atoms with E-state index in [-0.39, 0.29) is 23.5 Å². The van der Waals surface area contributed by atoms with Gasteiger partial charge in [-0.15, -0.1) is 0 Å². The van der Waals surface area contributed by atoms with Crippen molar-refractivity contribution in [2.45, 2.75) is 57.5 Å². The first kappa shape index (κ1) is 15.8. The minimum absolute atomic E-state index is 0.0885. The largest absolute Gasteiger partial charge is 0.337 e. The highest BCUT2D eigenvalue weighted by Gasteiger charge is 2.43. The van der Waals surface area contributed by atoms with Gasteiger partial charge in [-0.2, -0.15) is 0 Å². The lowest BCUT2D eigenvalue weighted by atomic mass is 9.97. The number of hydrogen-bond acceptors (Lipinski definition) is 4. The third-order valence-corrected chi connectivity index (χ3v) is 6.25. The Balaban J connectivity index is 2.13. The summed E-state index contributed by atoms with van der Waals surface area (Å²) in [5, 5.41) is 3.29. The van der Waals surface area contributed by atoms with Crippen molar-refractivity contribution in [1.29, 1.82) is 0 Å². The minimum atomic E-state index is -2.96. The fourth-order valence-corrected chi connectivity index (χ4v) is 4.92. The molecule has 2 aliphatic rings. The maximum absolute atomic E-state index is 12.8. The molecule has 5 nitrogen and oxygen atoms in total. The Kier molecular flexibility index (Phi) is 4.74. The van der Waals surface area contributed by atoms with Gasteiger partial charge in [0.1, 0.15) is 0 Å². The van der Waals surface area contributed by atoms with Gasteiger partial charge in [0, 0.05) is 12.6 Å². The van der Waals surface area contributed by atoms with E-state index in [2.05, 4.69) is 12.2 Å². The van der Waals surface area contributed by atoms with E-state index in [1.165, 1.54) is 0 Å². The van der Waals surface area contributed by atoms with Gasteiger partial charge in [-0.1, -0.05) is 13.3 Å². The molecule has 2 rings (SSSR count). The predicted molar refractivity (Wildman–Crippen MR) is 79.3 cm³/mol. The highest BCUT2D eigenvalue weighted by Crippen LogP contribution is 2.26. The summed E-state index contributed by atoms with van der Waals surface area (Å²) in [5.41, 5.74) is -0.500. The first-order valence-corrected chi connectivity index (χ1v) is 9.46. The van der Waals surface area contributed by atoms with Crippen LogP contribution >= 0.6 is 0 Å². The second-order valence-electron chi connectivity index (χ2n) is 6.27. The Labute approximate surface area is 122 Å². The minimum Gasteiger partial charge on any atom is -0.337 e. The van der Waals surface area contributed by atoms with Crippen LogP contribution in [0.3, 0.4) is 0 Å². The summed E-state index contributed by atoms with van der Waals surface area (Å²) in [6.45, 7) is 5.58. The normalized spacial score (nSPS) is 32.4. The summed E-state index contributed by atoms with van der Waals surface area (Å²) in [7, 11) is -2.96. The van der Waals surface area contributed by atoms with Crippen LogP contribution in [0.1, 0.15) is 46.0 Å². The zero-order valence-electron chi connectivity index (χ0n) is 12.5. The Morgan fingerprint density at radius 2 is 2.20 bits per heavy atom. The Morgan fingerprint density at radius 1 is 1.45 bits per heavy atom. The number of hydrogen-bond donors (Lipinski definition) is 1. The maximum atomic E-state index is 12.8. The third kappa shape index (κ3) is 3.34. The molecule has 2 saturated heterocycles. The lowest BCUT2D eigenvalue weighted by Crippen LogP contribution is -2.56. The predicted octanol–water partition coefficient (Wildman–Crippen LogP) is 0.944. The lowest BCUT2D eigenvalue weighted by molar-refractivity contribution is -0.139. The van der Waals surface area contributed by atoms with Gasteiger partial charge in [0.25, 0.3) is 0 Å². The van der Waals surface area contributed by atoms with Crippen molar-refractivity contribution in [2.75, 3.05) is 24.6 Å². The fourth-order valence-electron chi connectivity index (χ4n) is 3.19. The van der Waals surface area contributed by atoms with E-state index in [1.807, 2.05) is 11.8 Å². The van der Waals surface area contributed by atoms with E-state index in [1.54, 1.807) is 0 Å². The number of nitrogens with zero attached hydrogens (tertiary/aromatic N) is 1. The standard InChI is InChI=1S/C14H26N2O3S/c1-3-4-9-16(12-6-10-20(18,19)11-12)13(17)14(2)7-5-8-15-14/h12,15H,3-11H2,1-2H3. The molecule has 2 atom stereocenters. The summed E-state index contributed by atoms with van der Waals surface area (Å²) >= 11 is 0. The molecule has 2 fully saturated rings. The molecule has 2 heterocycles. The van der Waals surface area contributed by atoms with Crippen LogP contribution in [0.25, 0.3) is 0 Å². The Hall–Kier alpha value is -0.620. The van der Waals surface area contributed by atoms with Crippen molar-refractivity contribution >= 4 is 15.7 Å². The van der Waals surface area contributed by atoms with Crippen molar-refractivity contribution in [2.24, 2.45) is 0 Å². The van der Waals surface area contributed by atoms with Crippen molar-refractivity contribution in [1.82, 2.24) is 10.2 Å². The van der Waals surface area contributed by atoms with Gasteiger partial charge in [-0.25, -0.2) is 8.42 Å². The van der Waals surface area contributed by atoms with Crippen molar-refractivity contribution in [3.63, 3.8) is 0 Å². The Morgan fingerprint density at radius 3 is 2.70 bits per heavy atom. The van der Waals surface area contributed by atoms with Crippen LogP contribution in [0.5, 0.6) is 0 Å². The molecule has 20 heavy (non-hydrogen) atoms. The first-order chi connectivity index (χ1) is 9.38. The van der Waals surface area contributed by atoms with Crippen LogP contribution in [0.4, 0.5) is 0 Å². The second-order valence-corrected chi connectivity index (χ2v) is 8.50. The highest BCUT2D eigenvalue weighted by atomic mass is 32.2. The average Bonchev–Trinajstić information content (AvgIpc) is 2.97. The van der Waals surface area contributed by atoms with E-state index >= 15 is 0 Å². The van der Waals surface area contributed by atoms with E-state index in [0.29, 0.717) is 13.0 Å². The topological polar surface area (TPSA) is 66.5 Å². The molecule has 0 bridgehead atoms. The van der Waals surface area contributed by atoms with Crippen LogP contribution < -0.4 is 5.32 Å². The van der Waals surface area contributed by atoms with Crippen LogP contribution in [-0.2, 0) is 14.6 Å². The highest BCUT2D eigenvalue weighted by molar-refractivity contribution is 7.91. The SMILES string of the molecule is CCCCN(C(=O)C1(C)CCCN1)C1CCS(=O)(=O)C1. The monoisotopic (exact) mass is 302 g/mol. The number of amides is 1. The van der Waals surface area contributed by atoms with E-state index < -0.39 is 15.4 Å². The molecular weight excluding hydrogens is 276 g/mol. The molecule has 0 spiro atoms. The first-order valence-electron chi connectivity index (χ1n) is 7.64. The maximum Gasteiger partial charge on any atom is 0.242 e. The smallest absolute Gasteiger partial charge is 0.242 e. The summed E-state index contributed by atoms with van der Waals surface area (Å²) in [4.78, 5) is 14.7. The molecule has 0 radical (unpaired) electrons. The van der Waals surface area contributed by atoms with Gasteiger partial charge in [0.05, 0.1) is 17.0 Å². The third-order valence-electron chi connectivity index (χ3n) is 4.50. The lowest BCUT2D eigenvalue weighted by Gasteiger charge is -2.35. The number of carbonyl (C=O) groups excluding carboxylic acids is 1. The van der Waals surface area contributed by atoms with Gasteiger partial charge in [-0.3, -0.25) is 4.79 Å². The molecule has 0 aliphatic carbocycles. The summed E-state index contributed by atoms with van der Waals surface area (Å²) < 4.78 is 23.4. The molecule has 0 aromatic carbocycles. The quantitative estimate of drug-likeness (QED) is 0.821. The molecule has 0 aromatic heterocycles. The average molecular weight is 302 g/mol. The number of rotatable bonds is 5. The number of carbonyl (C=O) groups is 1. The molecule has 1 N–H and O–H groups in total. The van der Waals surface area contributed by atoms with E-state index in [4.69, 9.17) is 0 Å². The van der Waals surface area contributed by atoms with Gasteiger partial charge in [0.2, 0.25) is 5.91 Å². The van der Waals surface area contributed by atoms with Crippen molar-refractivity contribution in [3.05, 3.63) is 0 Å². The molecule has 2 aliphatic heterocycles. The van der Waals surface area contributed by atoms with Crippen LogP contribution in [-0.4, -0.2) is 55.4 Å². The van der Waals surface area contributed by atoms with E-state index in [0.717, 1.165) is 32.2 Å². The fraction of sp³-hybridized carbons (Fsp3) is 0.929. The zero-order valence-corrected chi connectivity index (χ0v) is 13.3. The molecule has 1 amide bonds. The van der Waals surface area contributed by atoms with Gasteiger partial charge >= 0.3 is 0 Å². The van der Waals surface area contributed by atoms with Crippen LogP contribution in [0.15, 0.2) is 0 Å². The molecule has 6 heteroatoms. The summed E-state index contributed by atoms with van der Waals surface area (Å²) in [6, 6.07) is -0.127. The van der Waals surface area contributed by atoms with E-state index in [9.17, 15) is 13.2 Å². The number of unbranched alkanes of at least 4 members (excludes halogenated alkanes) is 1. The van der Waals surface area contributed by atoms with Crippen LogP contribution in [0.2, 0.25) is 0 Å². The molecular formula is C14H26N2O3S. The second kappa shape index (κ2) is 6.02. The van der Waals surface area contributed by atoms with Gasteiger partial charge < -0.3 is 10.2 Å². The summed E-state index contributed by atoms with van der Waals surface area (Å²) in [5.74, 6) is 0.446.